The summed E-state index contributed by atoms with van der Waals surface area (Å²) in [6.45, 7) is 1.71. The van der Waals surface area contributed by atoms with E-state index in [4.69, 9.17) is 4.74 Å². The van der Waals surface area contributed by atoms with Crippen molar-refractivity contribution in [3.05, 3.63) is 65.5 Å². The quantitative estimate of drug-likeness (QED) is 0.645. The summed E-state index contributed by atoms with van der Waals surface area (Å²) in [5.74, 6) is -0.732. The van der Waals surface area contributed by atoms with Gasteiger partial charge in [-0.15, -0.1) is 0 Å². The number of amides is 2. The third kappa shape index (κ3) is 5.89. The molecule has 0 radical (unpaired) electrons. The minimum absolute atomic E-state index is 0.0654. The van der Waals surface area contributed by atoms with Gasteiger partial charge < -0.3 is 14.5 Å². The molecule has 0 N–H and O–H groups in total. The Balaban J connectivity index is 1.55. The first-order chi connectivity index (χ1) is 14.8. The number of sulfone groups is 1. The molecule has 31 heavy (non-hydrogen) atoms. The Kier molecular flexibility index (Phi) is 7.40. The summed E-state index contributed by atoms with van der Waals surface area (Å²) in [5, 5.41) is 0. The van der Waals surface area contributed by atoms with E-state index >= 15 is 0 Å². The third-order valence-corrected chi connectivity index (χ3v) is 6.90. The van der Waals surface area contributed by atoms with Crippen LogP contribution in [0.4, 0.5) is 4.39 Å². The highest BCUT2D eigenvalue weighted by molar-refractivity contribution is 7.91. The van der Waals surface area contributed by atoms with Gasteiger partial charge in [-0.25, -0.2) is 12.8 Å². The molecule has 0 bridgehead atoms. The fraction of sp³-hybridized carbons (Fsp3) is 0.364. The Bertz CT molecular complexity index is 1010. The van der Waals surface area contributed by atoms with Crippen LogP contribution in [0.2, 0.25) is 0 Å². The average molecular weight is 449 g/mol. The zero-order chi connectivity index (χ0) is 22.4. The monoisotopic (exact) mass is 448 g/mol. The predicted molar refractivity (Wildman–Crippen MR) is 113 cm³/mol. The SMILES string of the molecule is COCCS(=O)(=O)c1ccc(C(=O)N2CCN(C(=O)Cc3ccc(F)cc3)CC2)cc1. The first-order valence-electron chi connectivity index (χ1n) is 9.93. The number of rotatable bonds is 7. The summed E-state index contributed by atoms with van der Waals surface area (Å²) < 4.78 is 42.2. The maximum Gasteiger partial charge on any atom is 0.253 e. The number of piperazine rings is 1. The lowest BCUT2D eigenvalue weighted by atomic mass is 10.1. The summed E-state index contributed by atoms with van der Waals surface area (Å²) in [5.41, 5.74) is 1.14. The molecule has 2 amide bonds. The van der Waals surface area contributed by atoms with Crippen molar-refractivity contribution < 1.29 is 27.1 Å². The van der Waals surface area contributed by atoms with Gasteiger partial charge in [-0.3, -0.25) is 9.59 Å². The van der Waals surface area contributed by atoms with Gasteiger partial charge in [-0.1, -0.05) is 12.1 Å². The molecule has 0 spiro atoms. The number of hydrogen-bond donors (Lipinski definition) is 0. The van der Waals surface area contributed by atoms with Crippen molar-refractivity contribution in [2.45, 2.75) is 11.3 Å². The minimum Gasteiger partial charge on any atom is -0.384 e. The van der Waals surface area contributed by atoms with Gasteiger partial charge in [-0.05, 0) is 42.0 Å². The molecule has 1 saturated heterocycles. The Morgan fingerprint density at radius 3 is 2.10 bits per heavy atom. The Hall–Kier alpha value is -2.78. The summed E-state index contributed by atoms with van der Waals surface area (Å²) in [6, 6.07) is 11.7. The average Bonchev–Trinajstić information content (AvgIpc) is 2.79. The standard InChI is InChI=1S/C22H25FN2O5S/c1-30-14-15-31(28,29)20-8-4-18(5-9-20)22(27)25-12-10-24(11-13-25)21(26)16-17-2-6-19(23)7-3-17/h2-9H,10-16H2,1H3. The molecule has 0 aromatic heterocycles. The second-order valence-corrected chi connectivity index (χ2v) is 9.42. The van der Waals surface area contributed by atoms with Crippen molar-refractivity contribution in [3.63, 3.8) is 0 Å². The smallest absolute Gasteiger partial charge is 0.253 e. The van der Waals surface area contributed by atoms with Crippen molar-refractivity contribution in [2.24, 2.45) is 0 Å². The molecule has 1 fully saturated rings. The van der Waals surface area contributed by atoms with Crippen molar-refractivity contribution in [2.75, 3.05) is 45.6 Å². The summed E-state index contributed by atoms with van der Waals surface area (Å²) in [4.78, 5) is 28.7. The largest absolute Gasteiger partial charge is 0.384 e. The van der Waals surface area contributed by atoms with Crippen LogP contribution < -0.4 is 0 Å². The maximum absolute atomic E-state index is 13.0. The van der Waals surface area contributed by atoms with E-state index in [9.17, 15) is 22.4 Å². The lowest BCUT2D eigenvalue weighted by Gasteiger charge is -2.35. The number of hydrogen-bond acceptors (Lipinski definition) is 5. The third-order valence-electron chi connectivity index (χ3n) is 5.20. The number of ether oxygens (including phenoxy) is 1. The van der Waals surface area contributed by atoms with Gasteiger partial charge in [0.1, 0.15) is 5.82 Å². The fourth-order valence-electron chi connectivity index (χ4n) is 3.35. The van der Waals surface area contributed by atoms with Crippen molar-refractivity contribution in [3.8, 4) is 0 Å². The lowest BCUT2D eigenvalue weighted by molar-refractivity contribution is -0.131. The normalized spacial score (nSPS) is 14.5. The van der Waals surface area contributed by atoms with Crippen LogP contribution in [0.3, 0.4) is 0 Å². The van der Waals surface area contributed by atoms with E-state index in [1.54, 1.807) is 21.9 Å². The number of carbonyl (C=O) groups is 2. The Morgan fingerprint density at radius 1 is 0.935 bits per heavy atom. The van der Waals surface area contributed by atoms with E-state index in [-0.39, 0.29) is 41.3 Å². The van der Waals surface area contributed by atoms with E-state index < -0.39 is 9.84 Å². The van der Waals surface area contributed by atoms with Gasteiger partial charge >= 0.3 is 0 Å². The number of methoxy groups -OCH3 is 1. The molecule has 0 saturated carbocycles. The molecule has 2 aromatic carbocycles. The molecular formula is C22H25FN2O5S. The Labute approximate surface area is 181 Å². The van der Waals surface area contributed by atoms with Gasteiger partial charge in [-0.2, -0.15) is 0 Å². The molecule has 0 atom stereocenters. The van der Waals surface area contributed by atoms with Crippen LogP contribution in [0.1, 0.15) is 15.9 Å². The highest BCUT2D eigenvalue weighted by atomic mass is 32.2. The topological polar surface area (TPSA) is 84.0 Å². The lowest BCUT2D eigenvalue weighted by Crippen LogP contribution is -2.51. The van der Waals surface area contributed by atoms with Crippen LogP contribution in [0.5, 0.6) is 0 Å². The zero-order valence-corrected chi connectivity index (χ0v) is 18.1. The highest BCUT2D eigenvalue weighted by Gasteiger charge is 2.25. The van der Waals surface area contributed by atoms with Crippen LogP contribution in [-0.4, -0.2) is 75.7 Å². The Morgan fingerprint density at radius 2 is 1.52 bits per heavy atom. The second-order valence-electron chi connectivity index (χ2n) is 7.31. The second kappa shape index (κ2) is 10.0. The van der Waals surface area contributed by atoms with Crippen molar-refractivity contribution in [1.29, 1.82) is 0 Å². The van der Waals surface area contributed by atoms with Crippen LogP contribution >= 0.6 is 0 Å². The number of benzene rings is 2. The van der Waals surface area contributed by atoms with Crippen LogP contribution in [-0.2, 0) is 25.8 Å². The maximum atomic E-state index is 13.0. The van der Waals surface area contributed by atoms with Crippen molar-refractivity contribution >= 4 is 21.7 Å². The molecule has 3 rings (SSSR count). The van der Waals surface area contributed by atoms with Crippen LogP contribution in [0.15, 0.2) is 53.4 Å². The van der Waals surface area contributed by atoms with E-state index in [0.29, 0.717) is 31.7 Å². The minimum atomic E-state index is -3.45. The van der Waals surface area contributed by atoms with Crippen LogP contribution in [0.25, 0.3) is 0 Å². The molecule has 166 valence electrons. The van der Waals surface area contributed by atoms with E-state index in [1.807, 2.05) is 0 Å². The van der Waals surface area contributed by atoms with Crippen LogP contribution in [0, 0.1) is 5.82 Å². The summed E-state index contributed by atoms with van der Waals surface area (Å²) in [6.07, 6.45) is 0.188. The van der Waals surface area contributed by atoms with Gasteiger partial charge in [0.2, 0.25) is 5.91 Å². The predicted octanol–water partition coefficient (Wildman–Crippen LogP) is 1.77. The first kappa shape index (κ1) is 22.9. The molecule has 1 aliphatic heterocycles. The summed E-state index contributed by atoms with van der Waals surface area (Å²) >= 11 is 0. The first-order valence-corrected chi connectivity index (χ1v) is 11.6. The van der Waals surface area contributed by atoms with E-state index in [1.165, 1.54) is 43.5 Å². The highest BCUT2D eigenvalue weighted by Crippen LogP contribution is 2.15. The number of carbonyl (C=O) groups excluding carboxylic acids is 2. The van der Waals surface area contributed by atoms with Gasteiger partial charge in [0.05, 0.1) is 23.7 Å². The number of nitrogens with zero attached hydrogens (tertiary/aromatic N) is 2. The molecule has 0 unspecified atom stereocenters. The summed E-state index contributed by atoms with van der Waals surface area (Å²) in [7, 11) is -2.01. The molecule has 7 nitrogen and oxygen atoms in total. The molecule has 2 aromatic rings. The molecular weight excluding hydrogens is 423 g/mol. The molecule has 9 heteroatoms. The van der Waals surface area contributed by atoms with Gasteiger partial charge in [0.15, 0.2) is 9.84 Å². The van der Waals surface area contributed by atoms with Gasteiger partial charge in [0, 0.05) is 38.9 Å². The zero-order valence-electron chi connectivity index (χ0n) is 17.3. The van der Waals surface area contributed by atoms with Gasteiger partial charge in [0.25, 0.3) is 5.91 Å². The number of halogens is 1. The van der Waals surface area contributed by atoms with E-state index in [0.717, 1.165) is 5.56 Å². The molecule has 1 heterocycles. The van der Waals surface area contributed by atoms with Crippen molar-refractivity contribution in [1.82, 2.24) is 9.80 Å². The van der Waals surface area contributed by atoms with E-state index in [2.05, 4.69) is 0 Å². The fourth-order valence-corrected chi connectivity index (χ4v) is 4.52. The molecule has 1 aliphatic rings. The molecule has 0 aliphatic carbocycles.